The van der Waals surface area contributed by atoms with Crippen LogP contribution in [0.4, 0.5) is 0 Å². The van der Waals surface area contributed by atoms with Crippen LogP contribution in [0, 0.1) is 5.92 Å². The van der Waals surface area contributed by atoms with Crippen LogP contribution in [0.25, 0.3) is 0 Å². The summed E-state index contributed by atoms with van der Waals surface area (Å²) in [5.41, 5.74) is 0.778. The molecule has 1 unspecified atom stereocenters. The highest BCUT2D eigenvalue weighted by Gasteiger charge is 2.20. The van der Waals surface area contributed by atoms with E-state index < -0.39 is 0 Å². The molecule has 0 saturated carbocycles. The molecule has 1 aliphatic rings. The summed E-state index contributed by atoms with van der Waals surface area (Å²) in [6.45, 7) is 1.93. The Morgan fingerprint density at radius 1 is 1.67 bits per heavy atom. The summed E-state index contributed by atoms with van der Waals surface area (Å²) >= 11 is 4.60. The normalized spacial score (nSPS) is 17.2. The molecule has 63 valence electrons. The summed E-state index contributed by atoms with van der Waals surface area (Å²) in [5, 5.41) is 10.7. The van der Waals surface area contributed by atoms with E-state index >= 15 is 0 Å². The Morgan fingerprint density at radius 3 is 2.83 bits per heavy atom. The molecule has 0 aromatic rings. The van der Waals surface area contributed by atoms with Crippen LogP contribution in [0.2, 0.25) is 0 Å². The van der Waals surface area contributed by atoms with Crippen molar-refractivity contribution in [2.75, 3.05) is 0 Å². The van der Waals surface area contributed by atoms with Crippen LogP contribution < -0.4 is 10.1 Å². The first kappa shape index (κ1) is 9.13. The maximum absolute atomic E-state index is 11.0. The molecular weight excluding hydrogens is 170 g/mol. The van der Waals surface area contributed by atoms with Crippen molar-refractivity contribution in [1.29, 1.82) is 0 Å². The van der Waals surface area contributed by atoms with E-state index in [9.17, 15) is 5.11 Å². The molecule has 3 heteroatoms. The van der Waals surface area contributed by atoms with E-state index in [4.69, 9.17) is 0 Å². The van der Waals surface area contributed by atoms with Gasteiger partial charge in [0.1, 0.15) is 0 Å². The van der Waals surface area contributed by atoms with Gasteiger partial charge in [0.2, 0.25) is 6.21 Å². The Hall–Kier alpha value is -0.960. The lowest BCUT2D eigenvalue weighted by atomic mass is 10.0. The molecule has 1 radical (unpaired) electrons. The zero-order chi connectivity index (χ0) is 8.97. The molecule has 0 bridgehead atoms. The topological polar surface area (TPSA) is 37.2 Å². The van der Waals surface area contributed by atoms with E-state index in [2.05, 4.69) is 17.2 Å². The van der Waals surface area contributed by atoms with Gasteiger partial charge in [0.05, 0.1) is 10.9 Å². The first-order valence-electron chi connectivity index (χ1n) is 3.87. The lowest BCUT2D eigenvalue weighted by Crippen LogP contribution is -2.28. The van der Waals surface area contributed by atoms with E-state index in [0.717, 1.165) is 12.1 Å². The Kier molecular flexibility index (Phi) is 3.17. The predicted molar refractivity (Wildman–Crippen MR) is 51.8 cm³/mol. The van der Waals surface area contributed by atoms with Crippen molar-refractivity contribution >= 4 is 23.5 Å². The van der Waals surface area contributed by atoms with Crippen molar-refractivity contribution in [3.63, 3.8) is 0 Å². The maximum atomic E-state index is 11.0. The molecule has 1 aliphatic heterocycles. The van der Waals surface area contributed by atoms with Crippen LogP contribution in [0.15, 0.2) is 23.9 Å². The van der Waals surface area contributed by atoms with Crippen LogP contribution in [-0.4, -0.2) is 11.3 Å². The van der Waals surface area contributed by atoms with Gasteiger partial charge in [-0.1, -0.05) is 12.0 Å². The average Bonchev–Trinajstić information content (AvgIpc) is 2.07. The smallest absolute Gasteiger partial charge is 0.260 e. The van der Waals surface area contributed by atoms with Gasteiger partial charge in [-0.25, -0.2) is 0 Å². The van der Waals surface area contributed by atoms with Crippen LogP contribution in [0.5, 0.6) is 0 Å². The lowest BCUT2D eigenvalue weighted by molar-refractivity contribution is -0.216. The van der Waals surface area contributed by atoms with Gasteiger partial charge in [-0.15, -0.1) is 12.2 Å². The monoisotopic (exact) mass is 180 g/mol. The molecule has 0 N–H and O–H groups in total. The van der Waals surface area contributed by atoms with Gasteiger partial charge in [-0.05, 0) is 12.5 Å². The highest BCUT2D eigenvalue weighted by molar-refractivity contribution is 7.79. The van der Waals surface area contributed by atoms with E-state index in [1.54, 1.807) is 6.21 Å². The third-order valence-electron chi connectivity index (χ3n) is 1.74. The van der Waals surface area contributed by atoms with Crippen molar-refractivity contribution in [1.82, 2.24) is 4.99 Å². The molecular formula is C9H10NOS. The van der Waals surface area contributed by atoms with Crippen LogP contribution >= 0.6 is 12.2 Å². The minimum absolute atomic E-state index is 0.207. The molecule has 0 spiro atoms. The summed E-state index contributed by atoms with van der Waals surface area (Å²) in [6.07, 6.45) is 7.92. The summed E-state index contributed by atoms with van der Waals surface area (Å²) in [4.78, 5) is 4.08. The number of nitrogens with zero attached hydrogens (tertiary/aromatic N) is 1. The van der Waals surface area contributed by atoms with Gasteiger partial charge >= 0.3 is 0 Å². The quantitative estimate of drug-likeness (QED) is 0.595. The SMILES string of the molecule is CCC(C([O-])=S)C1=CC=CC=[N+]1. The van der Waals surface area contributed by atoms with E-state index in [-0.39, 0.29) is 11.0 Å². The summed E-state index contributed by atoms with van der Waals surface area (Å²) in [7, 11) is 0. The van der Waals surface area contributed by atoms with Crippen LogP contribution in [0.3, 0.4) is 0 Å². The number of aliphatic imine (C=N–C) groups is 1. The van der Waals surface area contributed by atoms with Gasteiger partial charge < -0.3 is 5.11 Å². The second kappa shape index (κ2) is 4.16. The van der Waals surface area contributed by atoms with Gasteiger partial charge in [0.15, 0.2) is 0 Å². The largest absolute Gasteiger partial charge is 0.867 e. The number of rotatable bonds is 3. The Balaban J connectivity index is 2.80. The molecule has 12 heavy (non-hydrogen) atoms. The summed E-state index contributed by atoms with van der Waals surface area (Å²) in [5.74, 6) is -0.207. The minimum atomic E-state index is -0.226. The lowest BCUT2D eigenvalue weighted by Gasteiger charge is -2.14. The number of thiocarbonyl (C=S) groups is 1. The Bertz CT molecular complexity index is 266. The first-order valence-corrected chi connectivity index (χ1v) is 4.28. The van der Waals surface area contributed by atoms with Crippen molar-refractivity contribution in [2.45, 2.75) is 13.3 Å². The fourth-order valence-corrected chi connectivity index (χ4v) is 1.37. The van der Waals surface area contributed by atoms with Crippen molar-refractivity contribution in [3.05, 3.63) is 23.9 Å². The third-order valence-corrected chi connectivity index (χ3v) is 2.02. The molecule has 1 rings (SSSR count). The zero-order valence-electron chi connectivity index (χ0n) is 6.86. The van der Waals surface area contributed by atoms with E-state index in [0.29, 0.717) is 0 Å². The molecule has 2 nitrogen and oxygen atoms in total. The van der Waals surface area contributed by atoms with Crippen molar-refractivity contribution in [3.8, 4) is 0 Å². The van der Waals surface area contributed by atoms with Gasteiger partial charge in [-0.3, -0.25) is 0 Å². The summed E-state index contributed by atoms with van der Waals surface area (Å²) in [6, 6.07) is 0. The van der Waals surface area contributed by atoms with Gasteiger partial charge in [0, 0.05) is 12.2 Å². The first-order chi connectivity index (χ1) is 5.75. The molecule has 0 aromatic heterocycles. The van der Waals surface area contributed by atoms with Crippen LogP contribution in [-0.2, 0) is 0 Å². The van der Waals surface area contributed by atoms with Crippen molar-refractivity contribution < 1.29 is 5.11 Å². The number of allylic oxidation sites excluding steroid dienone is 3. The standard InChI is InChI=1S/C9H11NOS/c1-2-7(9(11)12)8-5-3-4-6-10-8/h3-7H,2H2,1H3,(H,11,12)/q+1/p-1. The molecule has 1 atom stereocenters. The number of hydrogen-bond acceptors (Lipinski definition) is 3. The fourth-order valence-electron chi connectivity index (χ4n) is 1.08. The minimum Gasteiger partial charge on any atom is -0.867 e. The molecule has 0 aromatic carbocycles. The van der Waals surface area contributed by atoms with Crippen LogP contribution in [0.1, 0.15) is 13.3 Å². The second-order valence-electron chi connectivity index (χ2n) is 2.53. The third kappa shape index (κ3) is 2.01. The average molecular weight is 180 g/mol. The van der Waals surface area contributed by atoms with E-state index in [1.807, 2.05) is 25.2 Å². The summed E-state index contributed by atoms with van der Waals surface area (Å²) < 4.78 is 0. The molecule has 0 saturated heterocycles. The zero-order valence-corrected chi connectivity index (χ0v) is 7.67. The highest BCUT2D eigenvalue weighted by atomic mass is 32.1. The van der Waals surface area contributed by atoms with Crippen molar-refractivity contribution in [2.24, 2.45) is 5.92 Å². The second-order valence-corrected chi connectivity index (χ2v) is 2.94. The van der Waals surface area contributed by atoms with Gasteiger partial charge in [0.25, 0.3) is 5.70 Å². The highest BCUT2D eigenvalue weighted by Crippen LogP contribution is 2.13. The Labute approximate surface area is 77.3 Å². The molecule has 0 fully saturated rings. The Morgan fingerprint density at radius 2 is 2.42 bits per heavy atom. The molecule has 0 amide bonds. The predicted octanol–water partition coefficient (Wildman–Crippen LogP) is 0.561. The van der Waals surface area contributed by atoms with E-state index in [1.165, 1.54) is 0 Å². The molecule has 1 heterocycles. The molecule has 0 aliphatic carbocycles. The number of hydrogen-bond donors (Lipinski definition) is 0. The maximum Gasteiger partial charge on any atom is 0.260 e. The van der Waals surface area contributed by atoms with Gasteiger partial charge in [-0.2, -0.15) is 0 Å². The fraction of sp³-hybridized carbons (Fsp3) is 0.333.